The van der Waals surface area contributed by atoms with E-state index >= 15 is 0 Å². The standard InChI is InChI=1S/C51H32N4OS/c1-3-12-31(13-4-1)32-14-11-15-33(26-32)49-52-50(54-51(53-49)35-23-25-40-39-19-8-10-21-47(39)57-48(40)28-35)34-22-24-38-42-29-44-41(30-46(42)56-45(38)27-34)37-18-7-9-20-43(37)55(44)36-16-5-2-6-17-36/h1-30,50H,(H,52,53,54). The van der Waals surface area contributed by atoms with Crippen LogP contribution in [-0.2, 0) is 0 Å². The van der Waals surface area contributed by atoms with Crippen molar-refractivity contribution >= 4 is 86.9 Å². The topological polar surface area (TPSA) is 54.8 Å². The largest absolute Gasteiger partial charge is 0.456 e. The molecule has 0 amide bonds. The molecule has 11 aromatic rings. The lowest BCUT2D eigenvalue weighted by Crippen LogP contribution is -2.36. The van der Waals surface area contributed by atoms with Crippen LogP contribution in [0, 0.1) is 0 Å². The Morgan fingerprint density at radius 1 is 0.439 bits per heavy atom. The third kappa shape index (κ3) is 5.22. The van der Waals surface area contributed by atoms with Gasteiger partial charge in [0.05, 0.1) is 11.0 Å². The molecule has 0 aliphatic carbocycles. The molecule has 0 saturated carbocycles. The molecule has 8 aromatic carbocycles. The lowest BCUT2D eigenvalue weighted by Gasteiger charge is -2.22. The number of benzene rings is 8. The second-order valence-electron chi connectivity index (χ2n) is 14.6. The Morgan fingerprint density at radius 2 is 1.11 bits per heavy atom. The molecule has 1 aliphatic rings. The summed E-state index contributed by atoms with van der Waals surface area (Å²) in [5.74, 6) is 1.57. The molecular formula is C51H32N4OS. The van der Waals surface area contributed by atoms with E-state index in [1.165, 1.54) is 31.1 Å². The van der Waals surface area contributed by atoms with Gasteiger partial charge >= 0.3 is 0 Å². The van der Waals surface area contributed by atoms with Crippen molar-refractivity contribution in [3.63, 3.8) is 0 Å². The van der Waals surface area contributed by atoms with Crippen molar-refractivity contribution in [2.75, 3.05) is 0 Å². The van der Waals surface area contributed by atoms with E-state index in [-0.39, 0.29) is 0 Å². The van der Waals surface area contributed by atoms with E-state index in [2.05, 4.69) is 186 Å². The summed E-state index contributed by atoms with van der Waals surface area (Å²) < 4.78 is 11.6. The average Bonchev–Trinajstić information content (AvgIpc) is 3.94. The first-order valence-corrected chi connectivity index (χ1v) is 20.0. The maximum Gasteiger partial charge on any atom is 0.169 e. The van der Waals surface area contributed by atoms with Gasteiger partial charge in [-0.25, -0.2) is 9.98 Å². The van der Waals surface area contributed by atoms with Gasteiger partial charge in [0.15, 0.2) is 6.17 Å². The van der Waals surface area contributed by atoms with Crippen LogP contribution in [0.5, 0.6) is 0 Å². The van der Waals surface area contributed by atoms with Crippen LogP contribution in [0.2, 0.25) is 0 Å². The molecule has 0 spiro atoms. The van der Waals surface area contributed by atoms with Crippen molar-refractivity contribution < 1.29 is 4.42 Å². The number of thiophene rings is 1. The van der Waals surface area contributed by atoms with Gasteiger partial charge in [-0.05, 0) is 65.7 Å². The van der Waals surface area contributed by atoms with Gasteiger partial charge in [-0.15, -0.1) is 11.3 Å². The molecule has 1 atom stereocenters. The van der Waals surface area contributed by atoms with Crippen molar-refractivity contribution in [2.45, 2.75) is 6.17 Å². The van der Waals surface area contributed by atoms with E-state index in [0.717, 1.165) is 78.0 Å². The van der Waals surface area contributed by atoms with Crippen molar-refractivity contribution in [2.24, 2.45) is 9.98 Å². The maximum absolute atomic E-state index is 6.70. The molecule has 6 heteroatoms. The molecule has 12 rings (SSSR count). The number of hydrogen-bond donors (Lipinski definition) is 1. The first-order chi connectivity index (χ1) is 28.2. The monoisotopic (exact) mass is 748 g/mol. The Balaban J connectivity index is 1.00. The molecule has 1 unspecified atom stereocenters. The van der Waals surface area contributed by atoms with Gasteiger partial charge in [0, 0.05) is 64.1 Å². The summed E-state index contributed by atoms with van der Waals surface area (Å²) in [5.41, 5.74) is 10.4. The zero-order chi connectivity index (χ0) is 37.5. The molecule has 3 aromatic heterocycles. The molecule has 1 aliphatic heterocycles. The number of para-hydroxylation sites is 2. The Bertz CT molecular complexity index is 3450. The molecule has 0 saturated heterocycles. The summed E-state index contributed by atoms with van der Waals surface area (Å²) in [6.45, 7) is 0. The molecule has 0 bridgehead atoms. The number of furan rings is 1. The second-order valence-corrected chi connectivity index (χ2v) is 15.7. The number of hydrogen-bond acceptors (Lipinski definition) is 5. The lowest BCUT2D eigenvalue weighted by molar-refractivity contribution is 0.666. The first kappa shape index (κ1) is 32.0. The molecular weight excluding hydrogens is 717 g/mol. The number of nitrogens with one attached hydrogen (secondary N) is 1. The first-order valence-electron chi connectivity index (χ1n) is 19.2. The van der Waals surface area contributed by atoms with Crippen LogP contribution in [0.3, 0.4) is 0 Å². The maximum atomic E-state index is 6.70. The molecule has 5 nitrogen and oxygen atoms in total. The normalized spacial score (nSPS) is 14.5. The summed E-state index contributed by atoms with van der Waals surface area (Å²) in [6.07, 6.45) is -0.488. The average molecular weight is 749 g/mol. The number of fused-ring (bicyclic) bond motifs is 9. The molecule has 0 radical (unpaired) electrons. The van der Waals surface area contributed by atoms with Gasteiger partial charge in [-0.2, -0.15) is 0 Å². The summed E-state index contributed by atoms with van der Waals surface area (Å²) >= 11 is 1.81. The SMILES string of the molecule is c1ccc(-c2cccc(C3=NC(c4ccc5c(c4)oc4cc6c7ccccc7n(-c7ccccc7)c6cc45)N=C(c4ccc5c(c4)sc4ccccc45)N3)c2)cc1. The van der Waals surface area contributed by atoms with Crippen molar-refractivity contribution in [1.82, 2.24) is 9.88 Å². The van der Waals surface area contributed by atoms with Crippen LogP contribution in [0.15, 0.2) is 196 Å². The summed E-state index contributed by atoms with van der Waals surface area (Å²) in [6, 6.07) is 64.4. The van der Waals surface area contributed by atoms with Gasteiger partial charge in [-0.1, -0.05) is 127 Å². The molecule has 0 fully saturated rings. The van der Waals surface area contributed by atoms with Gasteiger partial charge in [0.1, 0.15) is 22.8 Å². The van der Waals surface area contributed by atoms with Gasteiger partial charge in [0.25, 0.3) is 0 Å². The minimum atomic E-state index is -0.488. The van der Waals surface area contributed by atoms with Crippen LogP contribution in [0.1, 0.15) is 22.9 Å². The van der Waals surface area contributed by atoms with Gasteiger partial charge in [0.2, 0.25) is 0 Å². The smallest absolute Gasteiger partial charge is 0.169 e. The van der Waals surface area contributed by atoms with Crippen LogP contribution >= 0.6 is 11.3 Å². The fraction of sp³-hybridized carbons (Fsp3) is 0.0196. The Morgan fingerprint density at radius 3 is 1.96 bits per heavy atom. The number of nitrogens with zero attached hydrogens (tertiary/aromatic N) is 3. The van der Waals surface area contributed by atoms with Crippen LogP contribution in [0.4, 0.5) is 0 Å². The summed E-state index contributed by atoms with van der Waals surface area (Å²) in [5, 5.41) is 10.7. The van der Waals surface area contributed by atoms with E-state index < -0.39 is 6.17 Å². The predicted octanol–water partition coefficient (Wildman–Crippen LogP) is 13.2. The third-order valence-corrected chi connectivity index (χ3v) is 12.4. The Labute approximate surface area is 331 Å². The van der Waals surface area contributed by atoms with E-state index in [1.807, 2.05) is 17.4 Å². The van der Waals surface area contributed by atoms with Gasteiger partial charge < -0.3 is 14.3 Å². The second kappa shape index (κ2) is 12.6. The molecule has 4 heterocycles. The van der Waals surface area contributed by atoms with Crippen LogP contribution in [0.25, 0.3) is 80.7 Å². The number of amidine groups is 2. The predicted molar refractivity (Wildman–Crippen MR) is 238 cm³/mol. The van der Waals surface area contributed by atoms with Crippen molar-refractivity contribution in [3.8, 4) is 16.8 Å². The Hall–Kier alpha value is -7.28. The quantitative estimate of drug-likeness (QED) is 0.191. The molecule has 1 N–H and O–H groups in total. The lowest BCUT2D eigenvalue weighted by atomic mass is 10.0. The fourth-order valence-electron chi connectivity index (χ4n) is 8.51. The van der Waals surface area contributed by atoms with Crippen LogP contribution in [-0.4, -0.2) is 16.2 Å². The highest BCUT2D eigenvalue weighted by Gasteiger charge is 2.23. The van der Waals surface area contributed by atoms with E-state index in [1.54, 1.807) is 0 Å². The third-order valence-electron chi connectivity index (χ3n) is 11.2. The van der Waals surface area contributed by atoms with Crippen molar-refractivity contribution in [3.05, 3.63) is 199 Å². The summed E-state index contributed by atoms with van der Waals surface area (Å²) in [4.78, 5) is 10.6. The highest BCUT2D eigenvalue weighted by molar-refractivity contribution is 7.25. The number of aromatic nitrogens is 1. The van der Waals surface area contributed by atoms with Gasteiger partial charge in [-0.3, -0.25) is 0 Å². The zero-order valence-corrected chi connectivity index (χ0v) is 31.4. The Kier molecular flexibility index (Phi) is 7.09. The zero-order valence-electron chi connectivity index (χ0n) is 30.6. The molecule has 57 heavy (non-hydrogen) atoms. The highest BCUT2D eigenvalue weighted by Crippen LogP contribution is 2.40. The molecule has 268 valence electrons. The van der Waals surface area contributed by atoms with E-state index in [9.17, 15) is 0 Å². The fourth-order valence-corrected chi connectivity index (χ4v) is 9.66. The summed E-state index contributed by atoms with van der Waals surface area (Å²) in [7, 11) is 0. The minimum Gasteiger partial charge on any atom is -0.456 e. The number of rotatable bonds is 5. The van der Waals surface area contributed by atoms with Crippen molar-refractivity contribution in [1.29, 1.82) is 0 Å². The minimum absolute atomic E-state index is 0.488. The number of aliphatic imine (C=N–C) groups is 2. The van der Waals surface area contributed by atoms with E-state index in [0.29, 0.717) is 0 Å². The van der Waals surface area contributed by atoms with E-state index in [4.69, 9.17) is 14.4 Å². The van der Waals surface area contributed by atoms with Crippen LogP contribution < -0.4 is 5.32 Å². The highest BCUT2D eigenvalue weighted by atomic mass is 32.1.